The molecule has 2 aromatic carbocycles. The minimum absolute atomic E-state index is 0.411. The van der Waals surface area contributed by atoms with Crippen LogP contribution in [0.4, 0.5) is 0 Å². The highest BCUT2D eigenvalue weighted by atomic mass is 16.3. The molecule has 0 aliphatic heterocycles. The van der Waals surface area contributed by atoms with Crippen molar-refractivity contribution < 1.29 is 10.2 Å². The van der Waals surface area contributed by atoms with E-state index in [0.29, 0.717) is 29.3 Å². The molecule has 2 aromatic rings. The van der Waals surface area contributed by atoms with Crippen molar-refractivity contribution in [1.82, 2.24) is 0 Å². The third-order valence-electron chi connectivity index (χ3n) is 8.33. The Morgan fingerprint density at radius 2 is 1.19 bits per heavy atom. The SMILES string of the molecule is Oc1ccc(C2=CC(c3ccc(O)c(C4CCCCC4)c3)CCC2)cc1C1CCCCC1. The zero-order chi connectivity index (χ0) is 21.9. The standard InChI is InChI=1S/C30H38O2/c31-29-16-14-25(19-27(29)21-8-3-1-4-9-21)23-12-7-13-24(18-23)26-15-17-30(32)28(20-26)22-10-5-2-6-11-22/h14-23,31-32H,1-13H2. The Balaban J connectivity index is 1.42. The van der Waals surface area contributed by atoms with Gasteiger partial charge in [0, 0.05) is 5.92 Å². The Morgan fingerprint density at radius 1 is 0.594 bits per heavy atom. The quantitative estimate of drug-likeness (QED) is 0.510. The predicted octanol–water partition coefficient (Wildman–Crippen LogP) is 8.54. The van der Waals surface area contributed by atoms with E-state index in [1.807, 2.05) is 12.1 Å². The van der Waals surface area contributed by atoms with Gasteiger partial charge >= 0.3 is 0 Å². The van der Waals surface area contributed by atoms with Crippen LogP contribution in [0.1, 0.15) is 123 Å². The van der Waals surface area contributed by atoms with E-state index in [1.54, 1.807) is 0 Å². The summed E-state index contributed by atoms with van der Waals surface area (Å²) in [6, 6.07) is 12.7. The Morgan fingerprint density at radius 3 is 1.84 bits per heavy atom. The van der Waals surface area contributed by atoms with Gasteiger partial charge in [-0.1, -0.05) is 62.8 Å². The molecule has 2 heteroatoms. The largest absolute Gasteiger partial charge is 0.508 e. The first-order valence-corrected chi connectivity index (χ1v) is 13.1. The molecule has 0 radical (unpaired) electrons. The van der Waals surface area contributed by atoms with Crippen LogP contribution in [0.15, 0.2) is 42.5 Å². The van der Waals surface area contributed by atoms with Gasteiger partial charge in [-0.2, -0.15) is 0 Å². The van der Waals surface area contributed by atoms with E-state index in [1.165, 1.54) is 99.3 Å². The van der Waals surface area contributed by atoms with Crippen molar-refractivity contribution in [3.05, 3.63) is 64.7 Å². The van der Waals surface area contributed by atoms with Gasteiger partial charge < -0.3 is 10.2 Å². The van der Waals surface area contributed by atoms with E-state index in [2.05, 4.69) is 30.3 Å². The van der Waals surface area contributed by atoms with Crippen molar-refractivity contribution in [3.8, 4) is 11.5 Å². The van der Waals surface area contributed by atoms with Gasteiger partial charge in [0.05, 0.1) is 0 Å². The molecule has 0 bridgehead atoms. The molecule has 32 heavy (non-hydrogen) atoms. The lowest BCUT2D eigenvalue weighted by Crippen LogP contribution is -2.08. The average molecular weight is 431 g/mol. The number of aromatic hydroxyl groups is 2. The Bertz CT molecular complexity index is 961. The van der Waals surface area contributed by atoms with Crippen LogP contribution in [-0.2, 0) is 0 Å². The summed E-state index contributed by atoms with van der Waals surface area (Å²) in [4.78, 5) is 0. The molecule has 1 atom stereocenters. The predicted molar refractivity (Wildman–Crippen MR) is 132 cm³/mol. The maximum absolute atomic E-state index is 10.6. The molecule has 0 heterocycles. The summed E-state index contributed by atoms with van der Waals surface area (Å²) in [6.07, 6.45) is 18.6. The van der Waals surface area contributed by atoms with Crippen molar-refractivity contribution in [2.75, 3.05) is 0 Å². The lowest BCUT2D eigenvalue weighted by Gasteiger charge is -2.27. The molecule has 0 aromatic heterocycles. The first-order chi connectivity index (χ1) is 15.7. The van der Waals surface area contributed by atoms with Crippen LogP contribution in [-0.4, -0.2) is 10.2 Å². The first kappa shape index (κ1) is 21.6. The van der Waals surface area contributed by atoms with Crippen LogP contribution in [0.3, 0.4) is 0 Å². The van der Waals surface area contributed by atoms with Gasteiger partial charge in [0.1, 0.15) is 11.5 Å². The summed E-state index contributed by atoms with van der Waals surface area (Å²) in [5, 5.41) is 21.1. The van der Waals surface area contributed by atoms with Gasteiger partial charge in [-0.3, -0.25) is 0 Å². The Kier molecular flexibility index (Phi) is 6.57. The van der Waals surface area contributed by atoms with Crippen LogP contribution >= 0.6 is 0 Å². The third-order valence-corrected chi connectivity index (χ3v) is 8.33. The van der Waals surface area contributed by atoms with Crippen molar-refractivity contribution in [1.29, 1.82) is 0 Å². The molecule has 170 valence electrons. The monoisotopic (exact) mass is 430 g/mol. The summed E-state index contributed by atoms with van der Waals surface area (Å²) >= 11 is 0. The smallest absolute Gasteiger partial charge is 0.119 e. The summed E-state index contributed by atoms with van der Waals surface area (Å²) in [5.41, 5.74) is 6.40. The van der Waals surface area contributed by atoms with Gasteiger partial charge in [0.25, 0.3) is 0 Å². The summed E-state index contributed by atoms with van der Waals surface area (Å²) in [5.74, 6) is 2.40. The Labute approximate surface area is 193 Å². The summed E-state index contributed by atoms with van der Waals surface area (Å²) in [6.45, 7) is 0. The number of rotatable bonds is 4. The molecule has 0 amide bonds. The van der Waals surface area contributed by atoms with Crippen LogP contribution in [0, 0.1) is 0 Å². The second kappa shape index (κ2) is 9.73. The molecule has 3 aliphatic rings. The highest BCUT2D eigenvalue weighted by Gasteiger charge is 2.23. The molecule has 3 aliphatic carbocycles. The minimum Gasteiger partial charge on any atom is -0.508 e. The lowest BCUT2D eigenvalue weighted by atomic mass is 9.79. The zero-order valence-corrected chi connectivity index (χ0v) is 19.4. The molecule has 0 spiro atoms. The molecule has 5 rings (SSSR count). The Hall–Kier alpha value is -2.22. The minimum atomic E-state index is 0.411. The third kappa shape index (κ3) is 4.60. The second-order valence-corrected chi connectivity index (χ2v) is 10.5. The maximum Gasteiger partial charge on any atom is 0.119 e. The lowest BCUT2D eigenvalue weighted by molar-refractivity contribution is 0.413. The van der Waals surface area contributed by atoms with Crippen molar-refractivity contribution in [2.24, 2.45) is 0 Å². The van der Waals surface area contributed by atoms with Crippen LogP contribution in [0.25, 0.3) is 5.57 Å². The molecule has 1 unspecified atom stereocenters. The molecule has 2 nitrogen and oxygen atoms in total. The molecule has 0 saturated heterocycles. The molecular formula is C30H38O2. The summed E-state index contributed by atoms with van der Waals surface area (Å²) in [7, 11) is 0. The maximum atomic E-state index is 10.6. The number of hydrogen-bond acceptors (Lipinski definition) is 2. The number of allylic oxidation sites excluding steroid dienone is 2. The molecular weight excluding hydrogens is 392 g/mol. The van der Waals surface area contributed by atoms with Crippen molar-refractivity contribution in [2.45, 2.75) is 101 Å². The van der Waals surface area contributed by atoms with Crippen molar-refractivity contribution >= 4 is 5.57 Å². The van der Waals surface area contributed by atoms with E-state index < -0.39 is 0 Å². The van der Waals surface area contributed by atoms with E-state index >= 15 is 0 Å². The number of benzene rings is 2. The highest BCUT2D eigenvalue weighted by molar-refractivity contribution is 5.69. The topological polar surface area (TPSA) is 40.5 Å². The molecule has 2 N–H and O–H groups in total. The fraction of sp³-hybridized carbons (Fsp3) is 0.533. The summed E-state index contributed by atoms with van der Waals surface area (Å²) < 4.78 is 0. The van der Waals surface area contributed by atoms with E-state index in [4.69, 9.17) is 0 Å². The van der Waals surface area contributed by atoms with Gasteiger partial charge in [0.15, 0.2) is 0 Å². The van der Waals surface area contributed by atoms with E-state index in [0.717, 1.165) is 12.0 Å². The first-order valence-electron chi connectivity index (χ1n) is 13.1. The fourth-order valence-corrected chi connectivity index (χ4v) is 6.46. The van der Waals surface area contributed by atoms with Crippen LogP contribution in [0.5, 0.6) is 11.5 Å². The van der Waals surface area contributed by atoms with E-state index in [9.17, 15) is 10.2 Å². The van der Waals surface area contributed by atoms with Crippen LogP contribution in [0.2, 0.25) is 0 Å². The molecule has 2 saturated carbocycles. The average Bonchev–Trinajstić information content (AvgIpc) is 2.86. The van der Waals surface area contributed by atoms with Gasteiger partial charge in [0.2, 0.25) is 0 Å². The van der Waals surface area contributed by atoms with Gasteiger partial charge in [-0.25, -0.2) is 0 Å². The molecule has 2 fully saturated rings. The van der Waals surface area contributed by atoms with Crippen LogP contribution < -0.4 is 0 Å². The number of phenols is 2. The normalized spacial score (nSPS) is 23.1. The second-order valence-electron chi connectivity index (χ2n) is 10.5. The van der Waals surface area contributed by atoms with E-state index in [-0.39, 0.29) is 0 Å². The number of hydrogen-bond donors (Lipinski definition) is 2. The zero-order valence-electron chi connectivity index (χ0n) is 19.4. The number of phenolic OH excluding ortho intramolecular Hbond substituents is 2. The fourth-order valence-electron chi connectivity index (χ4n) is 6.46. The van der Waals surface area contributed by atoms with Gasteiger partial charge in [-0.05, 0) is 103 Å². The highest BCUT2D eigenvalue weighted by Crippen LogP contribution is 2.43. The van der Waals surface area contributed by atoms with Gasteiger partial charge in [-0.15, -0.1) is 0 Å². The van der Waals surface area contributed by atoms with Crippen molar-refractivity contribution in [3.63, 3.8) is 0 Å².